The van der Waals surface area contributed by atoms with E-state index in [1.54, 1.807) is 7.11 Å². The van der Waals surface area contributed by atoms with Crippen LogP contribution in [0, 0.1) is 5.92 Å². The van der Waals surface area contributed by atoms with Gasteiger partial charge in [-0.25, -0.2) is 0 Å². The minimum Gasteiger partial charge on any atom is -0.383 e. The molecule has 0 saturated heterocycles. The van der Waals surface area contributed by atoms with Crippen molar-refractivity contribution in [3.8, 4) is 0 Å². The highest BCUT2D eigenvalue weighted by Gasteiger charge is 2.13. The molecule has 0 aliphatic heterocycles. The van der Waals surface area contributed by atoms with E-state index in [0.717, 1.165) is 18.1 Å². The second kappa shape index (κ2) is 8.00. The molecule has 0 aliphatic carbocycles. The van der Waals surface area contributed by atoms with Gasteiger partial charge in [0.15, 0.2) is 5.11 Å². The van der Waals surface area contributed by atoms with E-state index in [-0.39, 0.29) is 6.04 Å². The molecule has 84 valence electrons. The van der Waals surface area contributed by atoms with Crippen LogP contribution in [0.4, 0.5) is 0 Å². The fourth-order valence-electron chi connectivity index (χ4n) is 1.04. The molecule has 14 heavy (non-hydrogen) atoms. The fourth-order valence-corrected chi connectivity index (χ4v) is 1.29. The van der Waals surface area contributed by atoms with Crippen LogP contribution < -0.4 is 10.6 Å². The predicted molar refractivity (Wildman–Crippen MR) is 64.5 cm³/mol. The maximum absolute atomic E-state index is 5.15. The average molecular weight is 218 g/mol. The van der Waals surface area contributed by atoms with Gasteiger partial charge in [0.05, 0.1) is 12.6 Å². The third kappa shape index (κ3) is 6.16. The first-order chi connectivity index (χ1) is 6.61. The zero-order valence-electron chi connectivity index (χ0n) is 9.59. The maximum atomic E-state index is 5.15. The van der Waals surface area contributed by atoms with Crippen LogP contribution in [-0.2, 0) is 4.74 Å². The van der Waals surface area contributed by atoms with Crippen molar-refractivity contribution in [3.05, 3.63) is 0 Å². The normalized spacial score (nSPS) is 12.6. The molecule has 1 atom stereocenters. The Bertz CT molecular complexity index is 162. The van der Waals surface area contributed by atoms with Crippen molar-refractivity contribution in [2.45, 2.75) is 33.2 Å². The third-order valence-electron chi connectivity index (χ3n) is 2.00. The molecule has 0 aromatic carbocycles. The largest absolute Gasteiger partial charge is 0.383 e. The Labute approximate surface area is 92.6 Å². The minimum atomic E-state index is 0.289. The maximum Gasteiger partial charge on any atom is 0.166 e. The van der Waals surface area contributed by atoms with Crippen LogP contribution in [0.5, 0.6) is 0 Å². The molecular weight excluding hydrogens is 196 g/mol. The lowest BCUT2D eigenvalue weighted by atomic mass is 10.1. The Morgan fingerprint density at radius 2 is 2.07 bits per heavy atom. The Kier molecular flexibility index (Phi) is 7.80. The summed E-state index contributed by atoms with van der Waals surface area (Å²) in [5.74, 6) is 0.510. The fraction of sp³-hybridized carbons (Fsp3) is 0.900. The van der Waals surface area contributed by atoms with E-state index >= 15 is 0 Å². The number of hydrogen-bond acceptors (Lipinski definition) is 2. The molecule has 0 aromatic rings. The van der Waals surface area contributed by atoms with E-state index in [1.807, 2.05) is 0 Å². The van der Waals surface area contributed by atoms with Crippen molar-refractivity contribution in [2.75, 3.05) is 20.3 Å². The first-order valence-corrected chi connectivity index (χ1v) is 5.55. The summed E-state index contributed by atoms with van der Waals surface area (Å²) in [6.07, 6.45) is 1.08. The molecule has 0 bridgehead atoms. The SMILES string of the molecule is CCCNC(=S)NC(COC)C(C)C. The molecule has 1 unspecified atom stereocenters. The number of thiocarbonyl (C=S) groups is 1. The summed E-state index contributed by atoms with van der Waals surface area (Å²) in [5, 5.41) is 7.11. The van der Waals surface area contributed by atoms with Crippen molar-refractivity contribution in [1.82, 2.24) is 10.6 Å². The first-order valence-electron chi connectivity index (χ1n) is 5.15. The molecule has 0 saturated carbocycles. The summed E-state index contributed by atoms with van der Waals surface area (Å²) in [6, 6.07) is 0.289. The number of hydrogen-bond donors (Lipinski definition) is 2. The molecule has 0 rings (SSSR count). The Morgan fingerprint density at radius 3 is 2.50 bits per heavy atom. The minimum absolute atomic E-state index is 0.289. The summed E-state index contributed by atoms with van der Waals surface area (Å²) in [5.41, 5.74) is 0. The smallest absolute Gasteiger partial charge is 0.166 e. The van der Waals surface area contributed by atoms with Crippen molar-refractivity contribution in [3.63, 3.8) is 0 Å². The second-order valence-corrected chi connectivity index (χ2v) is 4.11. The van der Waals surface area contributed by atoms with Crippen LogP contribution >= 0.6 is 12.2 Å². The zero-order chi connectivity index (χ0) is 11.0. The molecule has 0 amide bonds. The second-order valence-electron chi connectivity index (χ2n) is 3.71. The zero-order valence-corrected chi connectivity index (χ0v) is 10.4. The van der Waals surface area contributed by atoms with Gasteiger partial charge in [-0.15, -0.1) is 0 Å². The topological polar surface area (TPSA) is 33.3 Å². The molecule has 0 radical (unpaired) electrons. The van der Waals surface area contributed by atoms with Gasteiger partial charge in [-0.3, -0.25) is 0 Å². The van der Waals surface area contributed by atoms with Crippen LogP contribution in [0.2, 0.25) is 0 Å². The predicted octanol–water partition coefficient (Wildman–Crippen LogP) is 1.53. The lowest BCUT2D eigenvalue weighted by Crippen LogP contribution is -2.46. The Morgan fingerprint density at radius 1 is 1.43 bits per heavy atom. The van der Waals surface area contributed by atoms with Gasteiger partial charge >= 0.3 is 0 Å². The van der Waals surface area contributed by atoms with Gasteiger partial charge in [-0.2, -0.15) is 0 Å². The summed E-state index contributed by atoms with van der Waals surface area (Å²) >= 11 is 5.15. The van der Waals surface area contributed by atoms with E-state index in [0.29, 0.717) is 12.5 Å². The van der Waals surface area contributed by atoms with Crippen molar-refractivity contribution in [1.29, 1.82) is 0 Å². The molecule has 0 spiro atoms. The molecule has 4 heteroatoms. The molecule has 0 fully saturated rings. The first kappa shape index (κ1) is 13.7. The molecule has 3 nitrogen and oxygen atoms in total. The van der Waals surface area contributed by atoms with Gasteiger partial charge in [0.25, 0.3) is 0 Å². The monoisotopic (exact) mass is 218 g/mol. The van der Waals surface area contributed by atoms with Gasteiger partial charge in [0.1, 0.15) is 0 Å². The van der Waals surface area contributed by atoms with Crippen LogP contribution in [0.1, 0.15) is 27.2 Å². The van der Waals surface area contributed by atoms with Gasteiger partial charge in [-0.1, -0.05) is 20.8 Å². The standard InChI is InChI=1S/C10H22N2OS/c1-5-6-11-10(14)12-9(7-13-4)8(2)3/h8-9H,5-7H2,1-4H3,(H2,11,12,14). The molecule has 0 heterocycles. The van der Waals surface area contributed by atoms with Crippen molar-refractivity contribution in [2.24, 2.45) is 5.92 Å². The number of ether oxygens (including phenoxy) is 1. The lowest BCUT2D eigenvalue weighted by molar-refractivity contribution is 0.156. The van der Waals surface area contributed by atoms with Gasteiger partial charge < -0.3 is 15.4 Å². The highest BCUT2D eigenvalue weighted by molar-refractivity contribution is 7.80. The highest BCUT2D eigenvalue weighted by Crippen LogP contribution is 2.01. The quantitative estimate of drug-likeness (QED) is 0.663. The third-order valence-corrected chi connectivity index (χ3v) is 2.27. The van der Waals surface area contributed by atoms with Gasteiger partial charge in [-0.05, 0) is 24.6 Å². The van der Waals surface area contributed by atoms with Gasteiger partial charge in [0.2, 0.25) is 0 Å². The van der Waals surface area contributed by atoms with E-state index in [9.17, 15) is 0 Å². The summed E-state index contributed by atoms with van der Waals surface area (Å²) in [4.78, 5) is 0. The molecule has 0 aliphatic rings. The Hall–Kier alpha value is -0.350. The number of methoxy groups -OCH3 is 1. The number of rotatable bonds is 6. The Balaban J connectivity index is 3.83. The van der Waals surface area contributed by atoms with Crippen molar-refractivity contribution >= 4 is 17.3 Å². The van der Waals surface area contributed by atoms with Crippen LogP contribution in [-0.4, -0.2) is 31.4 Å². The van der Waals surface area contributed by atoms with Crippen LogP contribution in [0.15, 0.2) is 0 Å². The van der Waals surface area contributed by atoms with E-state index in [1.165, 1.54) is 0 Å². The lowest BCUT2D eigenvalue weighted by Gasteiger charge is -2.23. The van der Waals surface area contributed by atoms with Crippen LogP contribution in [0.3, 0.4) is 0 Å². The molecular formula is C10H22N2OS. The van der Waals surface area contributed by atoms with E-state index in [2.05, 4.69) is 31.4 Å². The summed E-state index contributed by atoms with van der Waals surface area (Å²) in [6.45, 7) is 8.03. The van der Waals surface area contributed by atoms with Gasteiger partial charge in [0, 0.05) is 13.7 Å². The molecule has 0 aromatic heterocycles. The highest BCUT2D eigenvalue weighted by atomic mass is 32.1. The van der Waals surface area contributed by atoms with Crippen LogP contribution in [0.25, 0.3) is 0 Å². The summed E-state index contributed by atoms with van der Waals surface area (Å²) in [7, 11) is 1.71. The molecule has 2 N–H and O–H groups in total. The van der Waals surface area contributed by atoms with E-state index < -0.39 is 0 Å². The van der Waals surface area contributed by atoms with E-state index in [4.69, 9.17) is 17.0 Å². The average Bonchev–Trinajstić information content (AvgIpc) is 2.14. The van der Waals surface area contributed by atoms with Crippen molar-refractivity contribution < 1.29 is 4.74 Å². The summed E-state index contributed by atoms with van der Waals surface area (Å²) < 4.78 is 5.12. The number of nitrogens with one attached hydrogen (secondary N) is 2.